The fourth-order valence-corrected chi connectivity index (χ4v) is 2.70. The van der Waals surface area contributed by atoms with Crippen LogP contribution in [0.15, 0.2) is 34.9 Å². The molecule has 1 fully saturated rings. The third-order valence-corrected chi connectivity index (χ3v) is 4.23. The summed E-state index contributed by atoms with van der Waals surface area (Å²) in [4.78, 5) is 18.7. The Morgan fingerprint density at radius 3 is 2.83 bits per heavy atom. The standard InChI is InChI=1S/C17H21N3O3/c1-12(13-6-4-3-5-7-13)17(21)20-10-14(11-20)16-18-15(19-23-16)8-9-22-2/h3-7,12,14H,8-11H2,1-2H3. The van der Waals surface area contributed by atoms with E-state index in [1.807, 2.05) is 42.2 Å². The van der Waals surface area contributed by atoms with Crippen molar-refractivity contribution in [2.45, 2.75) is 25.2 Å². The van der Waals surface area contributed by atoms with Gasteiger partial charge in [-0.3, -0.25) is 4.79 Å². The van der Waals surface area contributed by atoms with E-state index >= 15 is 0 Å². The number of nitrogens with zero attached hydrogens (tertiary/aromatic N) is 3. The second-order valence-corrected chi connectivity index (χ2v) is 5.86. The van der Waals surface area contributed by atoms with Crippen LogP contribution in [-0.2, 0) is 16.0 Å². The van der Waals surface area contributed by atoms with Gasteiger partial charge in [-0.2, -0.15) is 4.98 Å². The van der Waals surface area contributed by atoms with Crippen LogP contribution in [0.2, 0.25) is 0 Å². The van der Waals surface area contributed by atoms with Gasteiger partial charge in [-0.25, -0.2) is 0 Å². The molecular weight excluding hydrogens is 294 g/mol. The van der Waals surface area contributed by atoms with Gasteiger partial charge in [0.1, 0.15) is 0 Å². The smallest absolute Gasteiger partial charge is 0.233 e. The predicted molar refractivity (Wildman–Crippen MR) is 84.1 cm³/mol. The van der Waals surface area contributed by atoms with Crippen molar-refractivity contribution in [1.29, 1.82) is 0 Å². The third-order valence-electron chi connectivity index (χ3n) is 4.23. The quantitative estimate of drug-likeness (QED) is 0.815. The van der Waals surface area contributed by atoms with Gasteiger partial charge in [0.2, 0.25) is 11.8 Å². The van der Waals surface area contributed by atoms with E-state index in [1.165, 1.54) is 0 Å². The fraction of sp³-hybridized carbons (Fsp3) is 0.471. The molecule has 1 aliphatic rings. The number of methoxy groups -OCH3 is 1. The van der Waals surface area contributed by atoms with Crippen molar-refractivity contribution < 1.29 is 14.1 Å². The number of amides is 1. The van der Waals surface area contributed by atoms with Crippen molar-refractivity contribution in [3.05, 3.63) is 47.6 Å². The Hall–Kier alpha value is -2.21. The molecule has 0 spiro atoms. The van der Waals surface area contributed by atoms with Gasteiger partial charge in [0.25, 0.3) is 0 Å². The van der Waals surface area contributed by atoms with Gasteiger partial charge in [-0.1, -0.05) is 35.5 Å². The number of hydrogen-bond acceptors (Lipinski definition) is 5. The van der Waals surface area contributed by atoms with E-state index in [1.54, 1.807) is 7.11 Å². The average molecular weight is 315 g/mol. The van der Waals surface area contributed by atoms with E-state index in [2.05, 4.69) is 10.1 Å². The Bertz CT molecular complexity index is 650. The van der Waals surface area contributed by atoms with Crippen LogP contribution in [0.1, 0.15) is 36.0 Å². The molecule has 2 heterocycles. The molecule has 23 heavy (non-hydrogen) atoms. The van der Waals surface area contributed by atoms with Gasteiger partial charge < -0.3 is 14.2 Å². The molecule has 1 aromatic carbocycles. The van der Waals surface area contributed by atoms with E-state index in [4.69, 9.17) is 9.26 Å². The Morgan fingerprint density at radius 2 is 2.13 bits per heavy atom. The van der Waals surface area contributed by atoms with Crippen LogP contribution in [-0.4, -0.2) is 47.8 Å². The fourth-order valence-electron chi connectivity index (χ4n) is 2.70. The molecule has 6 nitrogen and oxygen atoms in total. The zero-order chi connectivity index (χ0) is 16.2. The highest BCUT2D eigenvalue weighted by Crippen LogP contribution is 2.29. The first-order valence-electron chi connectivity index (χ1n) is 7.84. The summed E-state index contributed by atoms with van der Waals surface area (Å²) in [5.74, 6) is 1.44. The molecule has 1 aromatic heterocycles. The number of hydrogen-bond donors (Lipinski definition) is 0. The summed E-state index contributed by atoms with van der Waals surface area (Å²) >= 11 is 0. The lowest BCUT2D eigenvalue weighted by Gasteiger charge is -2.38. The second-order valence-electron chi connectivity index (χ2n) is 5.86. The van der Waals surface area contributed by atoms with Gasteiger partial charge >= 0.3 is 0 Å². The Morgan fingerprint density at radius 1 is 1.39 bits per heavy atom. The summed E-state index contributed by atoms with van der Waals surface area (Å²) in [5.41, 5.74) is 1.04. The van der Waals surface area contributed by atoms with Gasteiger partial charge in [-0.15, -0.1) is 0 Å². The van der Waals surface area contributed by atoms with Crippen LogP contribution in [0.25, 0.3) is 0 Å². The van der Waals surface area contributed by atoms with Crippen molar-refractivity contribution in [2.75, 3.05) is 26.8 Å². The molecular formula is C17H21N3O3. The minimum atomic E-state index is -0.128. The number of rotatable bonds is 6. The van der Waals surface area contributed by atoms with Crippen molar-refractivity contribution in [3.8, 4) is 0 Å². The van der Waals surface area contributed by atoms with E-state index in [-0.39, 0.29) is 17.7 Å². The zero-order valence-corrected chi connectivity index (χ0v) is 13.4. The predicted octanol–water partition coefficient (Wildman–Crippen LogP) is 1.99. The van der Waals surface area contributed by atoms with Gasteiger partial charge in [0, 0.05) is 26.6 Å². The van der Waals surface area contributed by atoms with Gasteiger partial charge in [0.05, 0.1) is 18.4 Å². The summed E-state index contributed by atoms with van der Waals surface area (Å²) < 4.78 is 10.3. The molecule has 0 aliphatic carbocycles. The number of benzene rings is 1. The maximum atomic E-state index is 12.5. The number of carbonyl (C=O) groups is 1. The van der Waals surface area contributed by atoms with Crippen LogP contribution < -0.4 is 0 Å². The first kappa shape index (κ1) is 15.7. The van der Waals surface area contributed by atoms with Crippen molar-refractivity contribution in [3.63, 3.8) is 0 Å². The Kier molecular flexibility index (Phi) is 4.71. The first-order valence-corrected chi connectivity index (χ1v) is 7.84. The maximum absolute atomic E-state index is 12.5. The van der Waals surface area contributed by atoms with E-state index in [0.717, 1.165) is 5.56 Å². The highest BCUT2D eigenvalue weighted by Gasteiger charge is 2.37. The highest BCUT2D eigenvalue weighted by molar-refractivity contribution is 5.84. The molecule has 6 heteroatoms. The largest absolute Gasteiger partial charge is 0.384 e. The van der Waals surface area contributed by atoms with Crippen molar-refractivity contribution >= 4 is 5.91 Å². The summed E-state index contributed by atoms with van der Waals surface area (Å²) in [6.07, 6.45) is 0.639. The monoisotopic (exact) mass is 315 g/mol. The van der Waals surface area contributed by atoms with Crippen LogP contribution in [0.5, 0.6) is 0 Å². The number of likely N-dealkylation sites (tertiary alicyclic amines) is 1. The van der Waals surface area contributed by atoms with E-state index in [9.17, 15) is 4.79 Å². The van der Waals surface area contributed by atoms with Crippen LogP contribution in [0.3, 0.4) is 0 Å². The molecule has 2 aromatic rings. The SMILES string of the molecule is COCCc1noc(C2CN(C(=O)C(C)c3ccccc3)C2)n1. The van der Waals surface area contributed by atoms with E-state index in [0.29, 0.717) is 37.8 Å². The van der Waals surface area contributed by atoms with Crippen LogP contribution in [0.4, 0.5) is 0 Å². The number of carbonyl (C=O) groups excluding carboxylic acids is 1. The normalized spacial score (nSPS) is 16.2. The molecule has 3 rings (SSSR count). The third kappa shape index (κ3) is 3.42. The number of ether oxygens (including phenoxy) is 1. The molecule has 0 N–H and O–H groups in total. The molecule has 0 radical (unpaired) electrons. The maximum Gasteiger partial charge on any atom is 0.233 e. The first-order chi connectivity index (χ1) is 11.2. The molecule has 1 aliphatic heterocycles. The molecule has 0 bridgehead atoms. The lowest BCUT2D eigenvalue weighted by Crippen LogP contribution is -2.50. The summed E-state index contributed by atoms with van der Waals surface area (Å²) in [6, 6.07) is 9.84. The topological polar surface area (TPSA) is 68.5 Å². The van der Waals surface area contributed by atoms with Gasteiger partial charge in [0.15, 0.2) is 5.82 Å². The second kappa shape index (κ2) is 6.91. The summed E-state index contributed by atoms with van der Waals surface area (Å²) in [7, 11) is 1.64. The van der Waals surface area contributed by atoms with Gasteiger partial charge in [-0.05, 0) is 12.5 Å². The van der Waals surface area contributed by atoms with Crippen molar-refractivity contribution in [1.82, 2.24) is 15.0 Å². The number of aromatic nitrogens is 2. The molecule has 1 amide bonds. The lowest BCUT2D eigenvalue weighted by atomic mass is 9.94. The van der Waals surface area contributed by atoms with Crippen LogP contribution in [0, 0.1) is 0 Å². The minimum Gasteiger partial charge on any atom is -0.384 e. The summed E-state index contributed by atoms with van der Waals surface area (Å²) in [5, 5.41) is 3.94. The molecule has 1 atom stereocenters. The Labute approximate surface area is 135 Å². The highest BCUT2D eigenvalue weighted by atomic mass is 16.5. The minimum absolute atomic E-state index is 0.128. The summed E-state index contributed by atoms with van der Waals surface area (Å²) in [6.45, 7) is 3.80. The zero-order valence-electron chi connectivity index (χ0n) is 13.4. The molecule has 122 valence electrons. The Balaban J connectivity index is 1.54. The average Bonchev–Trinajstić information content (AvgIpc) is 3.00. The lowest BCUT2D eigenvalue weighted by molar-refractivity contribution is -0.137. The van der Waals surface area contributed by atoms with Crippen molar-refractivity contribution in [2.24, 2.45) is 0 Å². The van der Waals surface area contributed by atoms with E-state index < -0.39 is 0 Å². The molecule has 1 unspecified atom stereocenters. The van der Waals surface area contributed by atoms with Crippen LogP contribution >= 0.6 is 0 Å². The molecule has 0 saturated carbocycles. The molecule has 1 saturated heterocycles.